The molecule has 1 aliphatic rings. The van der Waals surface area contributed by atoms with E-state index < -0.39 is 0 Å². The molecule has 1 aliphatic carbocycles. The van der Waals surface area contributed by atoms with Crippen molar-refractivity contribution in [1.82, 2.24) is 5.43 Å². The van der Waals surface area contributed by atoms with Gasteiger partial charge in [0.25, 0.3) is 5.91 Å². The van der Waals surface area contributed by atoms with Gasteiger partial charge in [-0.2, -0.15) is 5.10 Å². The number of hydrogen-bond acceptors (Lipinski definition) is 4. The quantitative estimate of drug-likeness (QED) is 0.330. The predicted molar refractivity (Wildman–Crippen MR) is 106 cm³/mol. The van der Waals surface area contributed by atoms with Crippen LogP contribution in [0.1, 0.15) is 29.6 Å². The van der Waals surface area contributed by atoms with Crippen molar-refractivity contribution < 1.29 is 14.3 Å². The summed E-state index contributed by atoms with van der Waals surface area (Å²) >= 11 is 0. The minimum atomic E-state index is -0.280. The number of carbonyl (C=O) groups excluding carboxylic acids is 1. The molecule has 27 heavy (non-hydrogen) atoms. The summed E-state index contributed by atoms with van der Waals surface area (Å²) in [6, 6.07) is 16.7. The van der Waals surface area contributed by atoms with Crippen LogP contribution in [0.5, 0.6) is 11.5 Å². The standard InChI is InChI=1S/C22H24N2O3/c25-22(24-23-17-18-9-3-1-4-10-18)20-13-7-8-14-21(20)27-16-15-26-19-11-5-2-6-12-19/h1-3,5-8,11-14,17-18H,4,9-10,15-16H2,(H,24,25)/b23-17-/t18-/m0/s1. The molecular formula is C22H24N2O3. The number of rotatable bonds is 8. The van der Waals surface area contributed by atoms with E-state index in [0.29, 0.717) is 30.4 Å². The fourth-order valence-electron chi connectivity index (χ4n) is 2.82. The van der Waals surface area contributed by atoms with Gasteiger partial charge >= 0.3 is 0 Å². The summed E-state index contributed by atoms with van der Waals surface area (Å²) in [4.78, 5) is 12.4. The zero-order chi connectivity index (χ0) is 18.7. The number of allylic oxidation sites excluding steroid dienone is 2. The van der Waals surface area contributed by atoms with Gasteiger partial charge in [-0.1, -0.05) is 42.5 Å². The molecule has 2 aromatic carbocycles. The molecule has 0 saturated heterocycles. The lowest BCUT2D eigenvalue weighted by atomic mass is 9.96. The van der Waals surface area contributed by atoms with Crippen molar-refractivity contribution in [3.63, 3.8) is 0 Å². The highest BCUT2D eigenvalue weighted by Crippen LogP contribution is 2.18. The largest absolute Gasteiger partial charge is 0.490 e. The van der Waals surface area contributed by atoms with E-state index in [0.717, 1.165) is 25.0 Å². The molecule has 0 saturated carbocycles. The molecule has 0 aliphatic heterocycles. The maximum atomic E-state index is 12.4. The van der Waals surface area contributed by atoms with Crippen LogP contribution in [0, 0.1) is 5.92 Å². The van der Waals surface area contributed by atoms with Crippen molar-refractivity contribution in [1.29, 1.82) is 0 Å². The first-order valence-electron chi connectivity index (χ1n) is 9.21. The fourth-order valence-corrected chi connectivity index (χ4v) is 2.82. The average Bonchev–Trinajstić information content (AvgIpc) is 2.73. The summed E-state index contributed by atoms with van der Waals surface area (Å²) in [6.07, 6.45) is 9.25. The van der Waals surface area contributed by atoms with Crippen LogP contribution in [0.4, 0.5) is 0 Å². The Bertz CT molecular complexity index is 787. The van der Waals surface area contributed by atoms with E-state index in [1.165, 1.54) is 0 Å². The maximum absolute atomic E-state index is 12.4. The van der Waals surface area contributed by atoms with Crippen LogP contribution in [-0.4, -0.2) is 25.3 Å². The van der Waals surface area contributed by atoms with Crippen LogP contribution in [-0.2, 0) is 0 Å². The summed E-state index contributed by atoms with van der Waals surface area (Å²) in [5.74, 6) is 1.41. The van der Waals surface area contributed by atoms with Gasteiger partial charge in [-0.05, 0) is 49.4 Å². The van der Waals surface area contributed by atoms with Crippen molar-refractivity contribution >= 4 is 12.1 Å². The number of hydrazone groups is 1. The Balaban J connectivity index is 1.49. The third-order valence-electron chi connectivity index (χ3n) is 4.25. The molecule has 0 spiro atoms. The van der Waals surface area contributed by atoms with Crippen molar-refractivity contribution in [2.75, 3.05) is 13.2 Å². The van der Waals surface area contributed by atoms with Gasteiger partial charge in [0.15, 0.2) is 0 Å². The van der Waals surface area contributed by atoms with Gasteiger partial charge in [-0.25, -0.2) is 5.43 Å². The molecule has 3 rings (SSSR count). The van der Waals surface area contributed by atoms with Gasteiger partial charge in [0.1, 0.15) is 24.7 Å². The second-order valence-corrected chi connectivity index (χ2v) is 6.27. The molecule has 0 unspecified atom stereocenters. The summed E-state index contributed by atoms with van der Waals surface area (Å²) in [7, 11) is 0. The Morgan fingerprint density at radius 2 is 1.81 bits per heavy atom. The average molecular weight is 364 g/mol. The molecule has 0 radical (unpaired) electrons. The number of nitrogens with one attached hydrogen (secondary N) is 1. The zero-order valence-corrected chi connectivity index (χ0v) is 15.2. The van der Waals surface area contributed by atoms with E-state index in [9.17, 15) is 4.79 Å². The summed E-state index contributed by atoms with van der Waals surface area (Å²) in [5.41, 5.74) is 3.05. The first-order chi connectivity index (χ1) is 13.3. The first kappa shape index (κ1) is 18.7. The highest BCUT2D eigenvalue weighted by molar-refractivity contribution is 5.97. The molecule has 0 bridgehead atoms. The van der Waals surface area contributed by atoms with E-state index in [1.54, 1.807) is 18.2 Å². The topological polar surface area (TPSA) is 59.9 Å². The number of amides is 1. The molecule has 0 fully saturated rings. The summed E-state index contributed by atoms with van der Waals surface area (Å²) in [5, 5.41) is 4.11. The normalized spacial score (nSPS) is 16.2. The predicted octanol–water partition coefficient (Wildman–Crippen LogP) is 4.22. The number of para-hydroxylation sites is 2. The smallest absolute Gasteiger partial charge is 0.275 e. The fraction of sp³-hybridized carbons (Fsp3) is 0.273. The second-order valence-electron chi connectivity index (χ2n) is 6.27. The molecule has 140 valence electrons. The highest BCUT2D eigenvalue weighted by Gasteiger charge is 2.12. The van der Waals surface area contributed by atoms with Crippen molar-refractivity contribution in [2.45, 2.75) is 19.3 Å². The van der Waals surface area contributed by atoms with E-state index in [4.69, 9.17) is 9.47 Å². The van der Waals surface area contributed by atoms with Crippen LogP contribution >= 0.6 is 0 Å². The Morgan fingerprint density at radius 3 is 2.63 bits per heavy atom. The molecule has 1 N–H and O–H groups in total. The molecule has 2 aromatic rings. The molecule has 5 heteroatoms. The van der Waals surface area contributed by atoms with Crippen LogP contribution in [0.25, 0.3) is 0 Å². The van der Waals surface area contributed by atoms with E-state index in [-0.39, 0.29) is 5.91 Å². The second kappa shape index (κ2) is 10.2. The van der Waals surface area contributed by atoms with Crippen molar-refractivity contribution in [3.05, 3.63) is 72.3 Å². The van der Waals surface area contributed by atoms with Gasteiger partial charge in [-0.15, -0.1) is 0 Å². The van der Waals surface area contributed by atoms with E-state index >= 15 is 0 Å². The third-order valence-corrected chi connectivity index (χ3v) is 4.25. The van der Waals surface area contributed by atoms with Crippen LogP contribution in [0.3, 0.4) is 0 Å². The lowest BCUT2D eigenvalue weighted by Crippen LogP contribution is -2.20. The van der Waals surface area contributed by atoms with Gasteiger partial charge in [0.2, 0.25) is 0 Å². The maximum Gasteiger partial charge on any atom is 0.275 e. The Morgan fingerprint density at radius 1 is 1.04 bits per heavy atom. The van der Waals surface area contributed by atoms with Crippen LogP contribution < -0.4 is 14.9 Å². The van der Waals surface area contributed by atoms with Crippen molar-refractivity contribution in [2.24, 2.45) is 11.0 Å². The number of ether oxygens (including phenoxy) is 2. The number of nitrogens with zero attached hydrogens (tertiary/aromatic N) is 1. The molecule has 0 heterocycles. The molecule has 1 amide bonds. The Labute approximate surface area is 159 Å². The lowest BCUT2D eigenvalue weighted by molar-refractivity contribution is 0.0949. The van der Waals surface area contributed by atoms with E-state index in [1.807, 2.05) is 42.6 Å². The molecule has 1 atom stereocenters. The van der Waals surface area contributed by atoms with Crippen LogP contribution in [0.2, 0.25) is 0 Å². The van der Waals surface area contributed by atoms with E-state index in [2.05, 4.69) is 22.7 Å². The zero-order valence-electron chi connectivity index (χ0n) is 15.2. The van der Waals surface area contributed by atoms with Gasteiger partial charge in [-0.3, -0.25) is 4.79 Å². The third kappa shape index (κ3) is 5.99. The summed E-state index contributed by atoms with van der Waals surface area (Å²) in [6.45, 7) is 0.740. The summed E-state index contributed by atoms with van der Waals surface area (Å²) < 4.78 is 11.3. The monoisotopic (exact) mass is 364 g/mol. The Hall–Kier alpha value is -3.08. The van der Waals surface area contributed by atoms with Gasteiger partial charge in [0, 0.05) is 6.21 Å². The number of hydrogen-bond donors (Lipinski definition) is 1. The first-order valence-corrected chi connectivity index (χ1v) is 9.21. The number of benzene rings is 2. The number of carbonyl (C=O) groups is 1. The molecule has 0 aromatic heterocycles. The Kier molecular flexibility index (Phi) is 7.04. The van der Waals surface area contributed by atoms with Gasteiger partial charge in [0.05, 0.1) is 5.56 Å². The van der Waals surface area contributed by atoms with Crippen molar-refractivity contribution in [3.8, 4) is 11.5 Å². The minimum absolute atomic E-state index is 0.280. The highest BCUT2D eigenvalue weighted by atomic mass is 16.5. The molecule has 5 nitrogen and oxygen atoms in total. The van der Waals surface area contributed by atoms with Gasteiger partial charge < -0.3 is 9.47 Å². The minimum Gasteiger partial charge on any atom is -0.490 e. The SMILES string of the molecule is O=C(N/N=C\[C@H]1CC=CCC1)c1ccccc1OCCOc1ccccc1. The van der Waals surface area contributed by atoms with Crippen LogP contribution in [0.15, 0.2) is 71.9 Å². The molecular weight excluding hydrogens is 340 g/mol. The lowest BCUT2D eigenvalue weighted by Gasteiger charge is -2.13.